The Morgan fingerprint density at radius 1 is 1.50 bits per heavy atom. The third-order valence-electron chi connectivity index (χ3n) is 2.10. The van der Waals surface area contributed by atoms with Gasteiger partial charge in [0, 0.05) is 19.2 Å². The molecule has 0 unspecified atom stereocenters. The summed E-state index contributed by atoms with van der Waals surface area (Å²) in [6.07, 6.45) is 9.41. The van der Waals surface area contributed by atoms with E-state index in [1.807, 2.05) is 0 Å². The van der Waals surface area contributed by atoms with Gasteiger partial charge in [0.25, 0.3) is 0 Å². The van der Waals surface area contributed by atoms with E-state index >= 15 is 0 Å². The molecule has 1 rings (SSSR count). The lowest BCUT2D eigenvalue weighted by atomic mass is 10.2. The number of carbonyl (C=O) groups is 1. The summed E-state index contributed by atoms with van der Waals surface area (Å²) in [5.74, 6) is 2.87. The highest BCUT2D eigenvalue weighted by Gasteiger charge is 1.99. The fraction of sp³-hybridized carbons (Fsp3) is 0.333. The number of aromatic nitrogens is 1. The topological polar surface area (TPSA) is 68.0 Å². The summed E-state index contributed by atoms with van der Waals surface area (Å²) in [5.41, 5.74) is 5.52. The minimum atomic E-state index is -0.465. The van der Waals surface area contributed by atoms with Gasteiger partial charge in [-0.25, -0.2) is 4.98 Å². The van der Waals surface area contributed by atoms with Crippen molar-refractivity contribution in [2.24, 2.45) is 5.73 Å². The van der Waals surface area contributed by atoms with E-state index < -0.39 is 5.91 Å². The molecule has 1 aromatic heterocycles. The maximum Gasteiger partial charge on any atom is 0.250 e. The number of primary amides is 1. The van der Waals surface area contributed by atoms with Gasteiger partial charge in [-0.05, 0) is 25.0 Å². The first-order chi connectivity index (χ1) is 7.74. The van der Waals surface area contributed by atoms with Crippen LogP contribution in [-0.2, 0) is 0 Å². The van der Waals surface area contributed by atoms with Gasteiger partial charge < -0.3 is 11.1 Å². The van der Waals surface area contributed by atoms with Crippen molar-refractivity contribution in [2.45, 2.75) is 19.3 Å². The molecule has 0 spiro atoms. The first-order valence-corrected chi connectivity index (χ1v) is 5.17. The molecule has 0 saturated heterocycles. The van der Waals surface area contributed by atoms with Crippen LogP contribution in [0.3, 0.4) is 0 Å². The fourth-order valence-electron chi connectivity index (χ4n) is 1.21. The largest absolute Gasteiger partial charge is 0.370 e. The third kappa shape index (κ3) is 4.01. The summed E-state index contributed by atoms with van der Waals surface area (Å²) in [6.45, 7) is 0.824. The molecule has 0 aromatic carbocycles. The molecule has 0 aliphatic carbocycles. The van der Waals surface area contributed by atoms with Crippen molar-refractivity contribution >= 4 is 11.7 Å². The number of hydrogen-bond acceptors (Lipinski definition) is 3. The van der Waals surface area contributed by atoms with Gasteiger partial charge in [-0.3, -0.25) is 4.79 Å². The molecule has 0 fully saturated rings. The molecule has 0 bridgehead atoms. The lowest BCUT2D eigenvalue weighted by Crippen LogP contribution is -2.11. The highest BCUT2D eigenvalue weighted by Crippen LogP contribution is 2.05. The summed E-state index contributed by atoms with van der Waals surface area (Å²) in [4.78, 5) is 14.9. The summed E-state index contributed by atoms with van der Waals surface area (Å²) in [7, 11) is 0. The second-order valence-corrected chi connectivity index (χ2v) is 3.38. The Morgan fingerprint density at radius 3 is 2.88 bits per heavy atom. The van der Waals surface area contributed by atoms with E-state index in [1.54, 1.807) is 12.1 Å². The van der Waals surface area contributed by atoms with E-state index in [-0.39, 0.29) is 0 Å². The number of amides is 1. The van der Waals surface area contributed by atoms with Gasteiger partial charge in [0.1, 0.15) is 5.82 Å². The van der Waals surface area contributed by atoms with Crippen LogP contribution in [0, 0.1) is 12.3 Å². The average molecular weight is 217 g/mol. The quantitative estimate of drug-likeness (QED) is 0.559. The highest BCUT2D eigenvalue weighted by molar-refractivity contribution is 5.92. The molecule has 16 heavy (non-hydrogen) atoms. The van der Waals surface area contributed by atoms with Crippen molar-refractivity contribution < 1.29 is 4.79 Å². The zero-order valence-electron chi connectivity index (χ0n) is 9.07. The Bertz CT molecular complexity index is 378. The fourth-order valence-corrected chi connectivity index (χ4v) is 1.21. The number of unbranched alkanes of at least 4 members (excludes halogenated alkanes) is 2. The van der Waals surface area contributed by atoms with Crippen LogP contribution >= 0.6 is 0 Å². The number of nitrogens with one attached hydrogen (secondary N) is 1. The van der Waals surface area contributed by atoms with Crippen molar-refractivity contribution in [3.05, 3.63) is 23.9 Å². The van der Waals surface area contributed by atoms with Crippen LogP contribution in [-0.4, -0.2) is 17.4 Å². The van der Waals surface area contributed by atoms with Gasteiger partial charge >= 0.3 is 0 Å². The SMILES string of the molecule is C#CCCCCNc1ccc(C(N)=O)cn1. The van der Waals surface area contributed by atoms with E-state index in [1.165, 1.54) is 6.20 Å². The van der Waals surface area contributed by atoms with E-state index in [0.29, 0.717) is 5.56 Å². The highest BCUT2D eigenvalue weighted by atomic mass is 16.1. The first-order valence-electron chi connectivity index (χ1n) is 5.17. The second-order valence-electron chi connectivity index (χ2n) is 3.38. The molecule has 0 saturated carbocycles. The minimum Gasteiger partial charge on any atom is -0.370 e. The molecule has 84 valence electrons. The molecule has 0 atom stereocenters. The van der Waals surface area contributed by atoms with Crippen LogP contribution in [0.1, 0.15) is 29.6 Å². The molecule has 4 nitrogen and oxygen atoms in total. The predicted molar refractivity (Wildman–Crippen MR) is 63.9 cm³/mol. The number of hydrogen-bond donors (Lipinski definition) is 2. The number of nitrogens with zero attached hydrogens (tertiary/aromatic N) is 1. The first kappa shape index (κ1) is 12.1. The third-order valence-corrected chi connectivity index (χ3v) is 2.10. The number of pyridine rings is 1. The molecular weight excluding hydrogens is 202 g/mol. The zero-order valence-corrected chi connectivity index (χ0v) is 9.07. The number of carbonyl (C=O) groups excluding carboxylic acids is 1. The molecular formula is C12H15N3O. The molecule has 0 radical (unpaired) electrons. The van der Waals surface area contributed by atoms with Crippen LogP contribution in [0.4, 0.5) is 5.82 Å². The average Bonchev–Trinajstić information content (AvgIpc) is 2.29. The summed E-state index contributed by atoms with van der Waals surface area (Å²) >= 11 is 0. The predicted octanol–water partition coefficient (Wildman–Crippen LogP) is 1.40. The van der Waals surface area contributed by atoms with Crippen LogP contribution < -0.4 is 11.1 Å². The van der Waals surface area contributed by atoms with E-state index in [2.05, 4.69) is 16.2 Å². The molecule has 1 amide bonds. The van der Waals surface area contributed by atoms with Gasteiger partial charge in [0.15, 0.2) is 0 Å². The molecule has 0 aliphatic rings. The van der Waals surface area contributed by atoms with Crippen molar-refractivity contribution in [2.75, 3.05) is 11.9 Å². The van der Waals surface area contributed by atoms with Crippen molar-refractivity contribution in [1.82, 2.24) is 4.98 Å². The maximum absolute atomic E-state index is 10.8. The van der Waals surface area contributed by atoms with Gasteiger partial charge in [0.05, 0.1) is 5.56 Å². The lowest BCUT2D eigenvalue weighted by molar-refractivity contribution is 0.1000. The molecule has 0 aliphatic heterocycles. The van der Waals surface area contributed by atoms with E-state index in [0.717, 1.165) is 31.6 Å². The van der Waals surface area contributed by atoms with Gasteiger partial charge in [-0.15, -0.1) is 12.3 Å². The normalized spacial score (nSPS) is 9.44. The van der Waals surface area contributed by atoms with Crippen LogP contribution in [0.5, 0.6) is 0 Å². The Morgan fingerprint density at radius 2 is 2.31 bits per heavy atom. The van der Waals surface area contributed by atoms with Crippen molar-refractivity contribution in [3.8, 4) is 12.3 Å². The lowest BCUT2D eigenvalue weighted by Gasteiger charge is -2.04. The number of nitrogens with two attached hydrogens (primary N) is 1. The van der Waals surface area contributed by atoms with Crippen LogP contribution in [0.25, 0.3) is 0 Å². The van der Waals surface area contributed by atoms with Crippen LogP contribution in [0.15, 0.2) is 18.3 Å². The second kappa shape index (κ2) is 6.46. The van der Waals surface area contributed by atoms with Crippen molar-refractivity contribution in [1.29, 1.82) is 0 Å². The minimum absolute atomic E-state index is 0.415. The maximum atomic E-state index is 10.8. The monoisotopic (exact) mass is 217 g/mol. The summed E-state index contributed by atoms with van der Waals surface area (Å²) in [6, 6.07) is 3.39. The number of anilines is 1. The van der Waals surface area contributed by atoms with Crippen molar-refractivity contribution in [3.63, 3.8) is 0 Å². The Labute approximate surface area is 95.3 Å². The smallest absolute Gasteiger partial charge is 0.250 e. The summed E-state index contributed by atoms with van der Waals surface area (Å²) in [5, 5.41) is 3.14. The van der Waals surface area contributed by atoms with Gasteiger partial charge in [0.2, 0.25) is 5.91 Å². The molecule has 3 N–H and O–H groups in total. The van der Waals surface area contributed by atoms with Gasteiger partial charge in [-0.1, -0.05) is 0 Å². The Kier molecular flexibility index (Phi) is 4.87. The van der Waals surface area contributed by atoms with Gasteiger partial charge in [-0.2, -0.15) is 0 Å². The molecule has 4 heteroatoms. The Hall–Kier alpha value is -2.02. The zero-order chi connectivity index (χ0) is 11.8. The number of terminal acetylenes is 1. The van der Waals surface area contributed by atoms with E-state index in [4.69, 9.17) is 12.2 Å². The van der Waals surface area contributed by atoms with Crippen LogP contribution in [0.2, 0.25) is 0 Å². The van der Waals surface area contributed by atoms with E-state index in [9.17, 15) is 4.79 Å². The Balaban J connectivity index is 2.33. The number of rotatable bonds is 6. The molecule has 1 heterocycles. The summed E-state index contributed by atoms with van der Waals surface area (Å²) < 4.78 is 0. The molecule has 1 aromatic rings. The standard InChI is InChI=1S/C12H15N3O/c1-2-3-4-5-8-14-11-7-6-10(9-15-11)12(13)16/h1,6-7,9H,3-5,8H2,(H2,13,16)(H,14,15).